The standard InChI is InChI=1S/C13H20N2O2/c1-3-7-10(14)13(16)15-11-8-5-6-9-12(11)17-4-2/h5-6,8-10H,3-4,7,14H2,1-2H3,(H,15,16). The first kappa shape index (κ1) is 13.5. The number of para-hydroxylation sites is 2. The Balaban J connectivity index is 2.70. The summed E-state index contributed by atoms with van der Waals surface area (Å²) in [6.07, 6.45) is 1.57. The van der Waals surface area contributed by atoms with E-state index in [4.69, 9.17) is 10.5 Å². The van der Waals surface area contributed by atoms with Gasteiger partial charge in [-0.2, -0.15) is 0 Å². The van der Waals surface area contributed by atoms with Crippen LogP contribution < -0.4 is 15.8 Å². The minimum absolute atomic E-state index is 0.168. The van der Waals surface area contributed by atoms with E-state index in [2.05, 4.69) is 5.32 Å². The number of benzene rings is 1. The number of hydrogen-bond donors (Lipinski definition) is 2. The molecule has 0 heterocycles. The highest BCUT2D eigenvalue weighted by Gasteiger charge is 2.14. The molecule has 0 saturated carbocycles. The molecule has 4 nitrogen and oxygen atoms in total. The predicted octanol–water partition coefficient (Wildman–Crippen LogP) is 2.15. The molecular formula is C13H20N2O2. The van der Waals surface area contributed by atoms with Crippen LogP contribution in [0.3, 0.4) is 0 Å². The van der Waals surface area contributed by atoms with E-state index in [9.17, 15) is 4.79 Å². The van der Waals surface area contributed by atoms with Gasteiger partial charge in [0, 0.05) is 0 Å². The van der Waals surface area contributed by atoms with Crippen molar-refractivity contribution in [3.8, 4) is 5.75 Å². The number of anilines is 1. The van der Waals surface area contributed by atoms with Crippen molar-refractivity contribution in [1.82, 2.24) is 0 Å². The van der Waals surface area contributed by atoms with Crippen LogP contribution in [0.2, 0.25) is 0 Å². The van der Waals surface area contributed by atoms with Crippen molar-refractivity contribution in [1.29, 1.82) is 0 Å². The number of amides is 1. The highest BCUT2D eigenvalue weighted by molar-refractivity contribution is 5.95. The minimum atomic E-state index is -0.463. The Bertz CT molecular complexity index is 366. The van der Waals surface area contributed by atoms with Gasteiger partial charge < -0.3 is 15.8 Å². The topological polar surface area (TPSA) is 64.4 Å². The molecule has 3 N–H and O–H groups in total. The molecule has 1 amide bonds. The molecule has 4 heteroatoms. The second kappa shape index (κ2) is 6.91. The van der Waals surface area contributed by atoms with E-state index in [1.807, 2.05) is 38.1 Å². The summed E-state index contributed by atoms with van der Waals surface area (Å²) in [4.78, 5) is 11.8. The van der Waals surface area contributed by atoms with Crippen LogP contribution in [0, 0.1) is 0 Å². The number of carbonyl (C=O) groups excluding carboxylic acids is 1. The molecule has 1 unspecified atom stereocenters. The van der Waals surface area contributed by atoms with E-state index in [0.717, 1.165) is 6.42 Å². The van der Waals surface area contributed by atoms with E-state index in [1.54, 1.807) is 0 Å². The Hall–Kier alpha value is -1.55. The van der Waals surface area contributed by atoms with Crippen LogP contribution in [0.15, 0.2) is 24.3 Å². The van der Waals surface area contributed by atoms with E-state index in [-0.39, 0.29) is 5.91 Å². The predicted molar refractivity (Wildman–Crippen MR) is 69.1 cm³/mol. The maximum absolute atomic E-state index is 11.8. The molecule has 0 aliphatic heterocycles. The molecule has 0 saturated heterocycles. The van der Waals surface area contributed by atoms with Crippen molar-refractivity contribution in [2.45, 2.75) is 32.7 Å². The molecule has 1 aromatic carbocycles. The second-order valence-electron chi connectivity index (χ2n) is 3.81. The summed E-state index contributed by atoms with van der Waals surface area (Å²) in [5.74, 6) is 0.506. The fourth-order valence-electron chi connectivity index (χ4n) is 1.52. The maximum Gasteiger partial charge on any atom is 0.241 e. The molecule has 0 bridgehead atoms. The summed E-state index contributed by atoms with van der Waals surface area (Å²) < 4.78 is 5.42. The fraction of sp³-hybridized carbons (Fsp3) is 0.462. The molecule has 0 spiro atoms. The molecule has 1 aromatic rings. The van der Waals surface area contributed by atoms with Crippen LogP contribution in [-0.4, -0.2) is 18.6 Å². The quantitative estimate of drug-likeness (QED) is 0.795. The third-order valence-electron chi connectivity index (χ3n) is 2.38. The first-order chi connectivity index (χ1) is 8.19. The van der Waals surface area contributed by atoms with E-state index >= 15 is 0 Å². The molecule has 0 fully saturated rings. The minimum Gasteiger partial charge on any atom is -0.492 e. The van der Waals surface area contributed by atoms with Gasteiger partial charge in [0.15, 0.2) is 0 Å². The van der Waals surface area contributed by atoms with Crippen molar-refractivity contribution < 1.29 is 9.53 Å². The van der Waals surface area contributed by atoms with Crippen LogP contribution >= 0.6 is 0 Å². The van der Waals surface area contributed by atoms with Crippen molar-refractivity contribution in [2.24, 2.45) is 5.73 Å². The van der Waals surface area contributed by atoms with Gasteiger partial charge in [-0.1, -0.05) is 25.5 Å². The highest BCUT2D eigenvalue weighted by Crippen LogP contribution is 2.23. The van der Waals surface area contributed by atoms with Gasteiger partial charge in [0.05, 0.1) is 18.3 Å². The number of ether oxygens (including phenoxy) is 1. The van der Waals surface area contributed by atoms with Crippen LogP contribution in [0.4, 0.5) is 5.69 Å². The van der Waals surface area contributed by atoms with Gasteiger partial charge in [0.1, 0.15) is 5.75 Å². The largest absolute Gasteiger partial charge is 0.492 e. The van der Waals surface area contributed by atoms with Crippen LogP contribution in [0.1, 0.15) is 26.7 Å². The first-order valence-corrected chi connectivity index (χ1v) is 5.97. The van der Waals surface area contributed by atoms with Gasteiger partial charge in [0.25, 0.3) is 0 Å². The number of nitrogens with one attached hydrogen (secondary N) is 1. The number of hydrogen-bond acceptors (Lipinski definition) is 3. The molecule has 1 rings (SSSR count). The molecular weight excluding hydrogens is 216 g/mol. The zero-order chi connectivity index (χ0) is 12.7. The third kappa shape index (κ3) is 4.07. The van der Waals surface area contributed by atoms with E-state index < -0.39 is 6.04 Å². The average Bonchev–Trinajstić information content (AvgIpc) is 2.32. The van der Waals surface area contributed by atoms with Crippen LogP contribution in [0.25, 0.3) is 0 Å². The molecule has 0 aliphatic carbocycles. The van der Waals surface area contributed by atoms with Gasteiger partial charge in [-0.15, -0.1) is 0 Å². The third-order valence-corrected chi connectivity index (χ3v) is 2.38. The number of nitrogens with two attached hydrogens (primary N) is 1. The Morgan fingerprint density at radius 3 is 2.76 bits per heavy atom. The molecule has 0 radical (unpaired) electrons. The lowest BCUT2D eigenvalue weighted by Crippen LogP contribution is -2.35. The second-order valence-corrected chi connectivity index (χ2v) is 3.81. The van der Waals surface area contributed by atoms with Crippen molar-refractivity contribution in [3.05, 3.63) is 24.3 Å². The smallest absolute Gasteiger partial charge is 0.241 e. The van der Waals surface area contributed by atoms with E-state index in [0.29, 0.717) is 24.5 Å². The Labute approximate surface area is 102 Å². The molecule has 17 heavy (non-hydrogen) atoms. The lowest BCUT2D eigenvalue weighted by atomic mass is 10.1. The van der Waals surface area contributed by atoms with Crippen molar-refractivity contribution >= 4 is 11.6 Å². The fourth-order valence-corrected chi connectivity index (χ4v) is 1.52. The first-order valence-electron chi connectivity index (χ1n) is 5.97. The Kier molecular flexibility index (Phi) is 5.49. The van der Waals surface area contributed by atoms with Crippen LogP contribution in [-0.2, 0) is 4.79 Å². The summed E-state index contributed by atoms with van der Waals surface area (Å²) in [7, 11) is 0. The van der Waals surface area contributed by atoms with Crippen molar-refractivity contribution in [2.75, 3.05) is 11.9 Å². The average molecular weight is 236 g/mol. The lowest BCUT2D eigenvalue weighted by molar-refractivity contribution is -0.117. The summed E-state index contributed by atoms with van der Waals surface area (Å²) in [5, 5.41) is 2.79. The highest BCUT2D eigenvalue weighted by atomic mass is 16.5. The van der Waals surface area contributed by atoms with Gasteiger partial charge >= 0.3 is 0 Å². The van der Waals surface area contributed by atoms with Crippen LogP contribution in [0.5, 0.6) is 5.75 Å². The molecule has 1 atom stereocenters. The Morgan fingerprint density at radius 2 is 2.12 bits per heavy atom. The lowest BCUT2D eigenvalue weighted by Gasteiger charge is -2.14. The SMILES string of the molecule is CCCC(N)C(=O)Nc1ccccc1OCC. The molecule has 0 aliphatic rings. The summed E-state index contributed by atoms with van der Waals surface area (Å²) >= 11 is 0. The van der Waals surface area contributed by atoms with Gasteiger partial charge in [0.2, 0.25) is 5.91 Å². The zero-order valence-electron chi connectivity index (χ0n) is 10.4. The van der Waals surface area contributed by atoms with Gasteiger partial charge in [-0.25, -0.2) is 0 Å². The maximum atomic E-state index is 11.8. The number of carbonyl (C=O) groups is 1. The molecule has 94 valence electrons. The summed E-state index contributed by atoms with van der Waals surface area (Å²) in [6.45, 7) is 4.47. The van der Waals surface area contributed by atoms with Gasteiger partial charge in [-0.3, -0.25) is 4.79 Å². The zero-order valence-corrected chi connectivity index (χ0v) is 10.4. The summed E-state index contributed by atoms with van der Waals surface area (Å²) in [6, 6.07) is 6.89. The Morgan fingerprint density at radius 1 is 1.41 bits per heavy atom. The number of rotatable bonds is 6. The van der Waals surface area contributed by atoms with E-state index in [1.165, 1.54) is 0 Å². The summed E-state index contributed by atoms with van der Waals surface area (Å²) in [5.41, 5.74) is 6.42. The normalized spacial score (nSPS) is 11.9. The van der Waals surface area contributed by atoms with Crippen molar-refractivity contribution in [3.63, 3.8) is 0 Å². The monoisotopic (exact) mass is 236 g/mol. The van der Waals surface area contributed by atoms with Gasteiger partial charge in [-0.05, 0) is 25.5 Å². The molecule has 0 aromatic heterocycles.